The molecule has 6 heteroatoms. The van der Waals surface area contributed by atoms with Gasteiger partial charge in [-0.25, -0.2) is 9.18 Å². The summed E-state index contributed by atoms with van der Waals surface area (Å²) < 4.78 is 29.7. The van der Waals surface area contributed by atoms with Crippen LogP contribution < -0.4 is 4.74 Å². The van der Waals surface area contributed by atoms with Gasteiger partial charge in [-0.3, -0.25) is 4.90 Å². The Morgan fingerprint density at radius 1 is 1.19 bits per heavy atom. The molecule has 0 saturated carbocycles. The van der Waals surface area contributed by atoms with Gasteiger partial charge in [0.1, 0.15) is 5.58 Å². The van der Waals surface area contributed by atoms with E-state index in [1.54, 1.807) is 13.0 Å². The number of methoxy groups -OCH3 is 1. The second kappa shape index (κ2) is 8.22. The number of halogens is 1. The number of carbonyl (C=O) groups excluding carboxylic acids is 1. The molecule has 0 unspecified atom stereocenters. The first-order valence-corrected chi connectivity index (χ1v) is 8.72. The number of hydrogen-bond donors (Lipinski definition) is 0. The van der Waals surface area contributed by atoms with E-state index in [0.29, 0.717) is 18.7 Å². The Labute approximate surface area is 157 Å². The van der Waals surface area contributed by atoms with Crippen molar-refractivity contribution in [3.63, 3.8) is 0 Å². The van der Waals surface area contributed by atoms with E-state index in [1.807, 2.05) is 42.3 Å². The Hall–Kier alpha value is -2.86. The van der Waals surface area contributed by atoms with Gasteiger partial charge in [-0.2, -0.15) is 0 Å². The SMILES string of the molecule is CCOC(=O)c1oc2ccccc2c1CN(C)Cc1ccc(OC)c(F)c1. The van der Waals surface area contributed by atoms with Crippen molar-refractivity contribution in [1.29, 1.82) is 0 Å². The molecule has 0 aliphatic carbocycles. The Morgan fingerprint density at radius 3 is 2.67 bits per heavy atom. The molecule has 1 aromatic heterocycles. The van der Waals surface area contributed by atoms with Crippen LogP contribution in [0.3, 0.4) is 0 Å². The lowest BCUT2D eigenvalue weighted by atomic mass is 10.1. The van der Waals surface area contributed by atoms with Crippen molar-refractivity contribution < 1.29 is 23.1 Å². The maximum atomic E-state index is 13.9. The molecular formula is C21H22FNO4. The largest absolute Gasteiger partial charge is 0.494 e. The van der Waals surface area contributed by atoms with Gasteiger partial charge in [0.05, 0.1) is 13.7 Å². The zero-order chi connectivity index (χ0) is 19.4. The molecule has 0 fully saturated rings. The first-order valence-electron chi connectivity index (χ1n) is 8.72. The minimum atomic E-state index is -0.479. The highest BCUT2D eigenvalue weighted by Gasteiger charge is 2.22. The quantitative estimate of drug-likeness (QED) is 0.577. The number of hydrogen-bond acceptors (Lipinski definition) is 5. The predicted octanol–water partition coefficient (Wildman–Crippen LogP) is 4.39. The number of esters is 1. The Balaban J connectivity index is 1.85. The summed E-state index contributed by atoms with van der Waals surface area (Å²) in [7, 11) is 3.34. The zero-order valence-electron chi connectivity index (χ0n) is 15.6. The molecule has 0 aliphatic heterocycles. The molecule has 5 nitrogen and oxygen atoms in total. The number of furan rings is 1. The molecule has 0 radical (unpaired) electrons. The molecule has 0 aliphatic rings. The topological polar surface area (TPSA) is 51.9 Å². The van der Waals surface area contributed by atoms with Crippen LogP contribution >= 0.6 is 0 Å². The van der Waals surface area contributed by atoms with Crippen LogP contribution in [-0.2, 0) is 17.8 Å². The molecule has 0 saturated heterocycles. The lowest BCUT2D eigenvalue weighted by molar-refractivity contribution is 0.0489. The van der Waals surface area contributed by atoms with Crippen LogP contribution in [0.15, 0.2) is 46.9 Å². The van der Waals surface area contributed by atoms with Gasteiger partial charge >= 0.3 is 5.97 Å². The molecule has 3 aromatic rings. The van der Waals surface area contributed by atoms with Gasteiger partial charge in [0.15, 0.2) is 11.6 Å². The number of nitrogens with zero attached hydrogens (tertiary/aromatic N) is 1. The minimum Gasteiger partial charge on any atom is -0.494 e. The van der Waals surface area contributed by atoms with E-state index in [4.69, 9.17) is 13.9 Å². The van der Waals surface area contributed by atoms with Crippen LogP contribution in [0.5, 0.6) is 5.75 Å². The third-order valence-electron chi connectivity index (χ3n) is 4.26. The van der Waals surface area contributed by atoms with E-state index < -0.39 is 11.8 Å². The summed E-state index contributed by atoms with van der Waals surface area (Å²) >= 11 is 0. The highest BCUT2D eigenvalue weighted by molar-refractivity contribution is 5.96. The van der Waals surface area contributed by atoms with Gasteiger partial charge in [-0.15, -0.1) is 0 Å². The summed E-state index contributed by atoms with van der Waals surface area (Å²) in [4.78, 5) is 14.3. The van der Waals surface area contributed by atoms with Crippen LogP contribution in [0.25, 0.3) is 11.0 Å². The second-order valence-corrected chi connectivity index (χ2v) is 6.27. The lowest BCUT2D eigenvalue weighted by Crippen LogP contribution is -2.19. The van der Waals surface area contributed by atoms with Gasteiger partial charge in [-0.1, -0.05) is 24.3 Å². The lowest BCUT2D eigenvalue weighted by Gasteiger charge is -2.17. The van der Waals surface area contributed by atoms with Gasteiger partial charge in [0, 0.05) is 24.0 Å². The summed E-state index contributed by atoms with van der Waals surface area (Å²) in [6.45, 7) is 2.99. The van der Waals surface area contributed by atoms with Gasteiger partial charge in [0.25, 0.3) is 0 Å². The Kier molecular flexibility index (Phi) is 5.76. The number of carbonyl (C=O) groups is 1. The fourth-order valence-electron chi connectivity index (χ4n) is 3.06. The number of para-hydroxylation sites is 1. The van der Waals surface area contributed by atoms with Crippen molar-refractivity contribution in [2.75, 3.05) is 20.8 Å². The number of benzene rings is 2. The molecular weight excluding hydrogens is 349 g/mol. The highest BCUT2D eigenvalue weighted by atomic mass is 19.1. The predicted molar refractivity (Wildman–Crippen MR) is 100 cm³/mol. The van der Waals surface area contributed by atoms with Crippen molar-refractivity contribution in [3.8, 4) is 5.75 Å². The van der Waals surface area contributed by atoms with Crippen LogP contribution in [0.4, 0.5) is 4.39 Å². The molecule has 3 rings (SSSR count). The van der Waals surface area contributed by atoms with E-state index in [1.165, 1.54) is 13.2 Å². The number of ether oxygens (including phenoxy) is 2. The fraction of sp³-hybridized carbons (Fsp3) is 0.286. The van der Waals surface area contributed by atoms with Crippen LogP contribution in [0, 0.1) is 5.82 Å². The maximum absolute atomic E-state index is 13.9. The minimum absolute atomic E-state index is 0.214. The second-order valence-electron chi connectivity index (χ2n) is 6.27. The molecule has 142 valence electrons. The Morgan fingerprint density at radius 2 is 1.96 bits per heavy atom. The molecule has 27 heavy (non-hydrogen) atoms. The summed E-state index contributed by atoms with van der Waals surface area (Å²) in [5.41, 5.74) is 2.21. The molecule has 0 spiro atoms. The third-order valence-corrected chi connectivity index (χ3v) is 4.26. The van der Waals surface area contributed by atoms with E-state index in [0.717, 1.165) is 16.5 Å². The van der Waals surface area contributed by atoms with Gasteiger partial charge in [0.2, 0.25) is 5.76 Å². The van der Waals surface area contributed by atoms with E-state index in [9.17, 15) is 9.18 Å². The van der Waals surface area contributed by atoms with Crippen molar-refractivity contribution in [1.82, 2.24) is 4.90 Å². The fourth-order valence-corrected chi connectivity index (χ4v) is 3.06. The van der Waals surface area contributed by atoms with Crippen LogP contribution in [0.1, 0.15) is 28.6 Å². The maximum Gasteiger partial charge on any atom is 0.374 e. The molecule has 0 bridgehead atoms. The molecule has 1 heterocycles. The standard InChI is InChI=1S/C21H22FNO4/c1-4-26-21(24)20-16(15-7-5-6-8-18(15)27-20)13-23(2)12-14-9-10-19(25-3)17(22)11-14/h5-11H,4,12-13H2,1-3H3. The van der Waals surface area contributed by atoms with E-state index in [-0.39, 0.29) is 18.1 Å². The van der Waals surface area contributed by atoms with Gasteiger partial charge in [-0.05, 0) is 37.7 Å². The molecule has 0 amide bonds. The first kappa shape index (κ1) is 18.9. The van der Waals surface area contributed by atoms with Gasteiger partial charge < -0.3 is 13.9 Å². The van der Waals surface area contributed by atoms with Crippen molar-refractivity contribution in [3.05, 3.63) is 65.2 Å². The summed E-state index contributed by atoms with van der Waals surface area (Å²) in [6, 6.07) is 12.4. The summed E-state index contributed by atoms with van der Waals surface area (Å²) in [5, 5.41) is 0.869. The third kappa shape index (κ3) is 4.11. The van der Waals surface area contributed by atoms with Crippen molar-refractivity contribution in [2.24, 2.45) is 0 Å². The molecule has 0 atom stereocenters. The first-order chi connectivity index (χ1) is 13.0. The average Bonchev–Trinajstić information content (AvgIpc) is 3.01. The van der Waals surface area contributed by atoms with E-state index in [2.05, 4.69) is 0 Å². The van der Waals surface area contributed by atoms with Crippen molar-refractivity contribution in [2.45, 2.75) is 20.0 Å². The van der Waals surface area contributed by atoms with E-state index >= 15 is 0 Å². The normalized spacial score (nSPS) is 11.1. The number of fused-ring (bicyclic) bond motifs is 1. The van der Waals surface area contributed by atoms with Crippen molar-refractivity contribution >= 4 is 16.9 Å². The smallest absolute Gasteiger partial charge is 0.374 e. The average molecular weight is 371 g/mol. The monoisotopic (exact) mass is 371 g/mol. The zero-order valence-corrected chi connectivity index (χ0v) is 15.6. The molecule has 2 aromatic carbocycles. The van der Waals surface area contributed by atoms with Crippen LogP contribution in [-0.4, -0.2) is 31.6 Å². The Bertz CT molecular complexity index is 951. The highest BCUT2D eigenvalue weighted by Crippen LogP contribution is 2.28. The summed E-state index contributed by atoms with van der Waals surface area (Å²) in [6.07, 6.45) is 0. The summed E-state index contributed by atoms with van der Waals surface area (Å²) in [5.74, 6) is -0.449. The van der Waals surface area contributed by atoms with Crippen LogP contribution in [0.2, 0.25) is 0 Å². The molecule has 0 N–H and O–H groups in total. The number of rotatable bonds is 7.